The molecule has 0 saturated carbocycles. The van der Waals surface area contributed by atoms with Gasteiger partial charge >= 0.3 is 0 Å². The van der Waals surface area contributed by atoms with Crippen molar-refractivity contribution in [1.82, 2.24) is 5.16 Å². The summed E-state index contributed by atoms with van der Waals surface area (Å²) in [7, 11) is 0. The number of aromatic nitrogens is 1. The summed E-state index contributed by atoms with van der Waals surface area (Å²) < 4.78 is 19.4. The zero-order chi connectivity index (χ0) is 15.0. The fraction of sp³-hybridized carbons (Fsp3) is 0.0625. The SMILES string of the molecule is Cc1cccc(-c2onc(N)c2-c2ccccc2F)c1Cl. The lowest BCUT2D eigenvalue weighted by molar-refractivity contribution is 0.436. The molecular formula is C16H12ClFN2O. The second-order valence-corrected chi connectivity index (χ2v) is 5.07. The van der Waals surface area contributed by atoms with Crippen LogP contribution >= 0.6 is 11.6 Å². The molecule has 1 aromatic heterocycles. The van der Waals surface area contributed by atoms with E-state index in [1.807, 2.05) is 19.1 Å². The number of anilines is 1. The molecule has 0 saturated heterocycles. The van der Waals surface area contributed by atoms with Crippen LogP contribution in [-0.4, -0.2) is 5.16 Å². The van der Waals surface area contributed by atoms with Crippen LogP contribution in [0.1, 0.15) is 5.56 Å². The smallest absolute Gasteiger partial charge is 0.178 e. The summed E-state index contributed by atoms with van der Waals surface area (Å²) in [5.41, 5.74) is 8.14. The normalized spacial score (nSPS) is 10.8. The van der Waals surface area contributed by atoms with Crippen molar-refractivity contribution in [2.75, 3.05) is 5.73 Å². The van der Waals surface area contributed by atoms with Gasteiger partial charge in [-0.15, -0.1) is 0 Å². The highest BCUT2D eigenvalue weighted by Crippen LogP contribution is 2.40. The summed E-state index contributed by atoms with van der Waals surface area (Å²) in [6.45, 7) is 1.88. The Morgan fingerprint density at radius 3 is 2.57 bits per heavy atom. The summed E-state index contributed by atoms with van der Waals surface area (Å²) in [6.07, 6.45) is 0. The molecule has 2 aromatic carbocycles. The predicted octanol–water partition coefficient (Wildman–Crippen LogP) is 4.69. The highest BCUT2D eigenvalue weighted by atomic mass is 35.5. The van der Waals surface area contributed by atoms with Gasteiger partial charge in [-0.05, 0) is 24.6 Å². The third-order valence-corrected chi connectivity index (χ3v) is 3.80. The van der Waals surface area contributed by atoms with Crippen LogP contribution in [0.25, 0.3) is 22.5 Å². The first kappa shape index (κ1) is 13.6. The average Bonchev–Trinajstić information content (AvgIpc) is 2.84. The third kappa shape index (κ3) is 2.28. The zero-order valence-electron chi connectivity index (χ0n) is 11.2. The van der Waals surface area contributed by atoms with Crippen molar-refractivity contribution >= 4 is 17.4 Å². The van der Waals surface area contributed by atoms with E-state index in [1.54, 1.807) is 24.3 Å². The van der Waals surface area contributed by atoms with Gasteiger partial charge in [-0.1, -0.05) is 47.1 Å². The molecule has 106 valence electrons. The van der Waals surface area contributed by atoms with Gasteiger partial charge in [0, 0.05) is 11.1 Å². The maximum absolute atomic E-state index is 14.1. The van der Waals surface area contributed by atoms with E-state index in [4.69, 9.17) is 21.9 Å². The van der Waals surface area contributed by atoms with Gasteiger partial charge in [-0.3, -0.25) is 0 Å². The zero-order valence-corrected chi connectivity index (χ0v) is 12.0. The quantitative estimate of drug-likeness (QED) is 0.747. The lowest BCUT2D eigenvalue weighted by Crippen LogP contribution is -1.92. The number of aryl methyl sites for hydroxylation is 1. The molecule has 0 amide bonds. The maximum Gasteiger partial charge on any atom is 0.178 e. The number of rotatable bonds is 2. The van der Waals surface area contributed by atoms with Crippen LogP contribution in [0.3, 0.4) is 0 Å². The van der Waals surface area contributed by atoms with Gasteiger partial charge in [-0.25, -0.2) is 4.39 Å². The number of hydrogen-bond acceptors (Lipinski definition) is 3. The topological polar surface area (TPSA) is 52.0 Å². The van der Waals surface area contributed by atoms with E-state index in [1.165, 1.54) is 6.07 Å². The van der Waals surface area contributed by atoms with E-state index in [0.717, 1.165) is 5.56 Å². The van der Waals surface area contributed by atoms with Crippen molar-refractivity contribution in [2.45, 2.75) is 6.92 Å². The lowest BCUT2D eigenvalue weighted by Gasteiger charge is -2.07. The first-order valence-electron chi connectivity index (χ1n) is 6.35. The van der Waals surface area contributed by atoms with Gasteiger partial charge in [-0.2, -0.15) is 0 Å². The van der Waals surface area contributed by atoms with E-state index >= 15 is 0 Å². The van der Waals surface area contributed by atoms with Crippen LogP contribution in [0, 0.1) is 12.7 Å². The van der Waals surface area contributed by atoms with Crippen molar-refractivity contribution in [1.29, 1.82) is 0 Å². The molecule has 3 nitrogen and oxygen atoms in total. The standard InChI is InChI=1S/C16H12ClFN2O/c1-9-5-4-7-11(14(9)17)15-13(16(19)20-21-15)10-6-2-3-8-12(10)18/h2-8H,1H3,(H2,19,20). The number of nitrogens with zero attached hydrogens (tertiary/aromatic N) is 1. The van der Waals surface area contributed by atoms with Crippen molar-refractivity contribution in [3.8, 4) is 22.5 Å². The van der Waals surface area contributed by atoms with Gasteiger partial charge in [0.15, 0.2) is 11.6 Å². The Bertz CT molecular complexity index is 814. The monoisotopic (exact) mass is 302 g/mol. The second kappa shape index (κ2) is 5.22. The molecule has 1 heterocycles. The van der Waals surface area contributed by atoms with Gasteiger partial charge < -0.3 is 10.3 Å². The van der Waals surface area contributed by atoms with Gasteiger partial charge in [0.05, 0.1) is 10.6 Å². The van der Waals surface area contributed by atoms with Crippen LogP contribution in [0.15, 0.2) is 47.0 Å². The molecule has 0 spiro atoms. The second-order valence-electron chi connectivity index (χ2n) is 4.69. The van der Waals surface area contributed by atoms with Crippen molar-refractivity contribution in [2.24, 2.45) is 0 Å². The summed E-state index contributed by atoms with van der Waals surface area (Å²) in [4.78, 5) is 0. The highest BCUT2D eigenvalue weighted by molar-refractivity contribution is 6.34. The maximum atomic E-state index is 14.1. The van der Waals surface area contributed by atoms with Crippen LogP contribution < -0.4 is 5.73 Å². The molecule has 0 atom stereocenters. The lowest BCUT2D eigenvalue weighted by atomic mass is 10.00. The van der Waals surface area contributed by atoms with Crippen LogP contribution in [0.2, 0.25) is 5.02 Å². The Labute approximate surface area is 126 Å². The fourth-order valence-corrected chi connectivity index (χ4v) is 2.45. The Hall–Kier alpha value is -2.33. The van der Waals surface area contributed by atoms with Crippen LogP contribution in [-0.2, 0) is 0 Å². The van der Waals surface area contributed by atoms with E-state index < -0.39 is 5.82 Å². The highest BCUT2D eigenvalue weighted by Gasteiger charge is 2.22. The molecule has 0 bridgehead atoms. The van der Waals surface area contributed by atoms with Crippen molar-refractivity contribution < 1.29 is 8.91 Å². The molecule has 0 aliphatic carbocycles. The fourth-order valence-electron chi connectivity index (χ4n) is 2.23. The van der Waals surface area contributed by atoms with E-state index in [2.05, 4.69) is 5.16 Å². The van der Waals surface area contributed by atoms with Gasteiger partial charge in [0.2, 0.25) is 0 Å². The van der Waals surface area contributed by atoms with E-state index in [9.17, 15) is 4.39 Å². The summed E-state index contributed by atoms with van der Waals surface area (Å²) in [6, 6.07) is 11.9. The largest absolute Gasteiger partial charge is 0.380 e. The molecule has 21 heavy (non-hydrogen) atoms. The number of hydrogen-bond donors (Lipinski definition) is 1. The minimum absolute atomic E-state index is 0.132. The summed E-state index contributed by atoms with van der Waals surface area (Å²) in [5, 5.41) is 4.29. The Balaban J connectivity index is 2.28. The molecule has 5 heteroatoms. The molecule has 2 N–H and O–H groups in total. The minimum Gasteiger partial charge on any atom is -0.380 e. The number of benzene rings is 2. The summed E-state index contributed by atoms with van der Waals surface area (Å²) >= 11 is 6.31. The molecule has 0 aliphatic rings. The van der Waals surface area contributed by atoms with E-state index in [0.29, 0.717) is 27.5 Å². The van der Waals surface area contributed by atoms with Crippen LogP contribution in [0.4, 0.5) is 10.2 Å². The summed E-state index contributed by atoms with van der Waals surface area (Å²) in [5.74, 6) is 0.108. The Kier molecular flexibility index (Phi) is 3.39. The molecule has 0 radical (unpaired) electrons. The van der Waals surface area contributed by atoms with Gasteiger partial charge in [0.1, 0.15) is 5.82 Å². The third-order valence-electron chi connectivity index (χ3n) is 3.30. The molecular weight excluding hydrogens is 291 g/mol. The Morgan fingerprint density at radius 2 is 1.81 bits per heavy atom. The molecule has 3 rings (SSSR count). The first-order chi connectivity index (χ1) is 10.1. The Morgan fingerprint density at radius 1 is 1.10 bits per heavy atom. The molecule has 0 fully saturated rings. The van der Waals surface area contributed by atoms with E-state index in [-0.39, 0.29) is 5.82 Å². The van der Waals surface area contributed by atoms with Crippen LogP contribution in [0.5, 0.6) is 0 Å². The first-order valence-corrected chi connectivity index (χ1v) is 6.73. The molecule has 0 unspecified atom stereocenters. The number of halogens is 2. The van der Waals surface area contributed by atoms with Gasteiger partial charge in [0.25, 0.3) is 0 Å². The number of nitrogens with two attached hydrogens (primary N) is 1. The van der Waals surface area contributed by atoms with Crippen molar-refractivity contribution in [3.05, 3.63) is 58.9 Å². The molecule has 0 aliphatic heterocycles. The average molecular weight is 303 g/mol. The predicted molar refractivity (Wildman–Crippen MR) is 81.5 cm³/mol. The molecule has 3 aromatic rings. The van der Waals surface area contributed by atoms with Crippen molar-refractivity contribution in [3.63, 3.8) is 0 Å². The minimum atomic E-state index is -0.391. The number of nitrogen functional groups attached to an aromatic ring is 1.